The number of benzene rings is 1. The van der Waals surface area contributed by atoms with Gasteiger partial charge in [-0.1, -0.05) is 12.1 Å². The standard InChI is InChI=1S/C6H4NO2.CH2.Co/c8-7(9)6-4-2-1-3-5-6;;/h2-5H;1H2;/q-1;;. The second-order valence-corrected chi connectivity index (χ2v) is 1.52. The van der Waals surface area contributed by atoms with Gasteiger partial charge in [0, 0.05) is 4.92 Å². The SMILES string of the molecule is O=[N+]([O-])c1cc[c-]cc1.[CH2]=[Co]. The summed E-state index contributed by atoms with van der Waals surface area (Å²) in [5.74, 6) is 0. The Morgan fingerprint density at radius 3 is 2.18 bits per heavy atom. The number of hydrogen-bond acceptors (Lipinski definition) is 2. The van der Waals surface area contributed by atoms with Gasteiger partial charge < -0.3 is 0 Å². The van der Waals surface area contributed by atoms with Gasteiger partial charge in [-0.05, 0) is 0 Å². The van der Waals surface area contributed by atoms with Crippen LogP contribution in [0.15, 0.2) is 24.3 Å². The van der Waals surface area contributed by atoms with E-state index in [1.807, 2.05) is 0 Å². The van der Waals surface area contributed by atoms with Crippen LogP contribution < -0.4 is 0 Å². The zero-order valence-electron chi connectivity index (χ0n) is 5.61. The molecule has 0 unspecified atom stereocenters. The molecule has 1 rings (SSSR count). The van der Waals surface area contributed by atoms with Gasteiger partial charge in [0.2, 0.25) is 0 Å². The van der Waals surface area contributed by atoms with Crippen molar-refractivity contribution in [3.63, 3.8) is 0 Å². The minimum absolute atomic E-state index is 0.105. The summed E-state index contributed by atoms with van der Waals surface area (Å²) in [5.41, 5.74) is 3.04. The first kappa shape index (κ1) is 10.00. The average molecular weight is 195 g/mol. The van der Waals surface area contributed by atoms with Crippen LogP contribution in [0, 0.1) is 16.2 Å². The van der Waals surface area contributed by atoms with E-state index in [0.717, 1.165) is 0 Å². The van der Waals surface area contributed by atoms with E-state index in [2.05, 4.69) is 26.8 Å². The Balaban J connectivity index is 0.000000461. The molecule has 1 aromatic carbocycles. The number of hydrogen-bond donors (Lipinski definition) is 0. The van der Waals surface area contributed by atoms with Crippen molar-refractivity contribution in [2.24, 2.45) is 0 Å². The molecule has 0 aliphatic carbocycles. The Hall–Kier alpha value is -1.00. The van der Waals surface area contributed by atoms with E-state index in [1.165, 1.54) is 24.3 Å². The van der Waals surface area contributed by atoms with Crippen molar-refractivity contribution in [2.45, 2.75) is 0 Å². The second-order valence-electron chi connectivity index (χ2n) is 1.52. The van der Waals surface area contributed by atoms with E-state index >= 15 is 0 Å². The molecule has 0 atom stereocenters. The summed E-state index contributed by atoms with van der Waals surface area (Å²) in [6.07, 6.45) is 0. The zero-order chi connectivity index (χ0) is 8.69. The van der Waals surface area contributed by atoms with E-state index in [1.54, 1.807) is 0 Å². The van der Waals surface area contributed by atoms with Crippen molar-refractivity contribution >= 4 is 11.1 Å². The maximum absolute atomic E-state index is 9.99. The molecule has 0 heterocycles. The van der Waals surface area contributed by atoms with E-state index in [0.29, 0.717) is 0 Å². The number of nitro groups is 1. The molecule has 0 saturated carbocycles. The van der Waals surface area contributed by atoms with Gasteiger partial charge in [-0.2, -0.15) is 18.2 Å². The van der Waals surface area contributed by atoms with Crippen molar-refractivity contribution in [1.82, 2.24) is 0 Å². The first-order valence-electron chi connectivity index (χ1n) is 2.65. The van der Waals surface area contributed by atoms with Crippen molar-refractivity contribution in [1.29, 1.82) is 0 Å². The van der Waals surface area contributed by atoms with Gasteiger partial charge in [0.15, 0.2) is 5.69 Å². The Morgan fingerprint density at radius 1 is 1.45 bits per heavy atom. The van der Waals surface area contributed by atoms with Gasteiger partial charge in [-0.15, -0.1) is 0 Å². The van der Waals surface area contributed by atoms with Gasteiger partial charge in [0.1, 0.15) is 0 Å². The summed E-state index contributed by atoms with van der Waals surface area (Å²) in [7, 11) is 0. The first-order chi connectivity index (χ1) is 5.30. The van der Waals surface area contributed by atoms with Gasteiger partial charge in [-0.3, -0.25) is 10.1 Å². The molecule has 0 N–H and O–H groups in total. The summed E-state index contributed by atoms with van der Waals surface area (Å²) >= 11 is 3.31. The number of rotatable bonds is 1. The van der Waals surface area contributed by atoms with E-state index in [9.17, 15) is 10.1 Å². The molecule has 11 heavy (non-hydrogen) atoms. The molecule has 0 aromatic heterocycles. The van der Waals surface area contributed by atoms with E-state index < -0.39 is 4.92 Å². The molecule has 0 saturated heterocycles. The monoisotopic (exact) mass is 195 g/mol. The van der Waals surface area contributed by atoms with Gasteiger partial charge >= 0.3 is 20.8 Å². The predicted octanol–water partition coefficient (Wildman–Crippen LogP) is 1.36. The Labute approximate surface area is 72.3 Å². The molecule has 0 spiro atoms. The Bertz CT molecular complexity index is 225. The van der Waals surface area contributed by atoms with Gasteiger partial charge in [0.05, 0.1) is 0 Å². The molecule has 61 valence electrons. The van der Waals surface area contributed by atoms with Gasteiger partial charge in [-0.25, -0.2) is 0 Å². The molecule has 0 amide bonds. The van der Waals surface area contributed by atoms with Crippen molar-refractivity contribution in [2.75, 3.05) is 0 Å². The van der Waals surface area contributed by atoms with Crippen LogP contribution in [0.3, 0.4) is 0 Å². The van der Waals surface area contributed by atoms with Crippen LogP contribution in [-0.2, 0) is 15.3 Å². The van der Waals surface area contributed by atoms with Crippen molar-refractivity contribution < 1.29 is 20.2 Å². The number of nitro benzene ring substituents is 1. The third-order valence-electron chi connectivity index (χ3n) is 0.911. The maximum atomic E-state index is 9.99. The molecule has 1 aromatic rings. The van der Waals surface area contributed by atoms with Crippen LogP contribution in [-0.4, -0.2) is 10.4 Å². The normalized spacial score (nSPS) is 7.73. The second kappa shape index (κ2) is 5.76. The average Bonchev–Trinajstić information content (AvgIpc) is 2.10. The molecule has 0 aliphatic heterocycles. The first-order valence-corrected chi connectivity index (χ1v) is 3.38. The van der Waals surface area contributed by atoms with Gasteiger partial charge in [0.25, 0.3) is 0 Å². The predicted molar refractivity (Wildman–Crippen MR) is 39.1 cm³/mol. The molecule has 0 fully saturated rings. The Kier molecular flexibility index (Phi) is 5.23. The Morgan fingerprint density at radius 2 is 1.91 bits per heavy atom. The van der Waals surface area contributed by atoms with Crippen LogP contribution in [0.25, 0.3) is 0 Å². The van der Waals surface area contributed by atoms with Crippen molar-refractivity contribution in [3.8, 4) is 0 Å². The molecular weight excluding hydrogens is 189 g/mol. The number of nitrogens with zero attached hydrogens (tertiary/aromatic N) is 1. The van der Waals surface area contributed by atoms with Crippen LogP contribution in [0.2, 0.25) is 0 Å². The molecular formula is C7H6CoNO2-. The molecule has 0 bridgehead atoms. The fourth-order valence-corrected chi connectivity index (χ4v) is 0.500. The quantitative estimate of drug-likeness (QED) is 0.385. The summed E-state index contributed by atoms with van der Waals surface area (Å²) < 4.78 is 0. The molecule has 4 heteroatoms. The van der Waals surface area contributed by atoms with Crippen LogP contribution in [0.4, 0.5) is 5.69 Å². The van der Waals surface area contributed by atoms with E-state index in [4.69, 9.17) is 0 Å². The zero-order valence-corrected chi connectivity index (χ0v) is 6.65. The molecule has 0 radical (unpaired) electrons. The fraction of sp³-hybridized carbons (Fsp3) is 0. The molecule has 0 aliphatic rings. The van der Waals surface area contributed by atoms with Crippen LogP contribution in [0.1, 0.15) is 0 Å². The van der Waals surface area contributed by atoms with Crippen LogP contribution >= 0.6 is 0 Å². The summed E-state index contributed by atoms with van der Waals surface area (Å²) in [6, 6.07) is 8.51. The van der Waals surface area contributed by atoms with Crippen LogP contribution in [0.5, 0.6) is 0 Å². The molecule has 3 nitrogen and oxygen atoms in total. The third kappa shape index (κ3) is 3.64. The van der Waals surface area contributed by atoms with E-state index in [-0.39, 0.29) is 5.69 Å². The summed E-state index contributed by atoms with van der Waals surface area (Å²) in [5, 5.41) is 9.99. The third-order valence-corrected chi connectivity index (χ3v) is 0.911. The fourth-order valence-electron chi connectivity index (χ4n) is 0.500. The summed E-state index contributed by atoms with van der Waals surface area (Å²) in [4.78, 5) is 9.56. The minimum atomic E-state index is -0.437. The van der Waals surface area contributed by atoms with Crippen molar-refractivity contribution in [3.05, 3.63) is 40.4 Å². The summed E-state index contributed by atoms with van der Waals surface area (Å²) in [6.45, 7) is 0. The topological polar surface area (TPSA) is 43.1 Å². The number of non-ortho nitro benzene ring substituents is 1.